The van der Waals surface area contributed by atoms with E-state index in [1.807, 2.05) is 6.07 Å². The fourth-order valence-corrected chi connectivity index (χ4v) is 3.25. The van der Waals surface area contributed by atoms with E-state index >= 15 is 0 Å². The molecule has 0 unspecified atom stereocenters. The molecule has 1 aliphatic heterocycles. The lowest BCUT2D eigenvalue weighted by Gasteiger charge is -2.14. The number of benzene rings is 2. The van der Waals surface area contributed by atoms with E-state index in [1.54, 1.807) is 30.3 Å². The number of rotatable bonds is 5. The molecular formula is C20H14BrClN2O4. The largest absolute Gasteiger partial charge is 0.493 e. The zero-order chi connectivity index (χ0) is 20.3. The molecule has 3 rings (SSSR count). The minimum Gasteiger partial charge on any atom is -0.493 e. The number of ether oxygens (including phenoxy) is 2. The maximum atomic E-state index is 12.7. The number of hydrazine groups is 1. The van der Waals surface area contributed by atoms with Gasteiger partial charge in [0.1, 0.15) is 17.2 Å². The molecular weight excluding hydrogens is 448 g/mol. The first-order valence-electron chi connectivity index (χ1n) is 8.02. The summed E-state index contributed by atoms with van der Waals surface area (Å²) in [5.41, 5.74) is 3.53. The van der Waals surface area contributed by atoms with E-state index in [4.69, 9.17) is 27.5 Å². The predicted molar refractivity (Wildman–Crippen MR) is 110 cm³/mol. The van der Waals surface area contributed by atoms with E-state index in [-0.39, 0.29) is 23.0 Å². The molecule has 142 valence electrons. The molecule has 1 N–H and O–H groups in total. The van der Waals surface area contributed by atoms with Crippen molar-refractivity contribution < 1.29 is 19.1 Å². The maximum absolute atomic E-state index is 12.7. The van der Waals surface area contributed by atoms with Crippen LogP contribution in [0.3, 0.4) is 0 Å². The van der Waals surface area contributed by atoms with Crippen molar-refractivity contribution in [1.82, 2.24) is 5.43 Å². The van der Waals surface area contributed by atoms with E-state index in [2.05, 4.69) is 27.3 Å². The highest BCUT2D eigenvalue weighted by molar-refractivity contribution is 9.10. The van der Waals surface area contributed by atoms with E-state index in [9.17, 15) is 9.59 Å². The van der Waals surface area contributed by atoms with Gasteiger partial charge in [-0.15, -0.1) is 6.42 Å². The van der Waals surface area contributed by atoms with E-state index in [0.29, 0.717) is 21.5 Å². The van der Waals surface area contributed by atoms with Gasteiger partial charge in [-0.1, -0.05) is 35.7 Å². The number of nitrogens with one attached hydrogen (secondary N) is 1. The fraction of sp³-hybridized carbons (Fsp3) is 0.100. The molecule has 1 heterocycles. The molecule has 0 spiro atoms. The van der Waals surface area contributed by atoms with Crippen molar-refractivity contribution in [3.8, 4) is 23.8 Å². The molecule has 1 saturated heterocycles. The molecule has 0 aliphatic carbocycles. The standard InChI is InChI=1S/C20H14BrClN2O4/c1-3-9-28-18-15(27-2)11-12(16(21)17(18)22)10-14-19(25)23-24(20(14)26)13-7-5-4-6-8-13/h1,4-8,10-11H,9H2,2H3,(H,23,25)/b14-10-. The quantitative estimate of drug-likeness (QED) is 0.420. The fourth-order valence-electron chi connectivity index (χ4n) is 2.58. The smallest absolute Gasteiger partial charge is 0.282 e. The summed E-state index contributed by atoms with van der Waals surface area (Å²) in [7, 11) is 1.45. The summed E-state index contributed by atoms with van der Waals surface area (Å²) < 4.78 is 11.2. The molecule has 0 saturated carbocycles. The van der Waals surface area contributed by atoms with E-state index in [0.717, 1.165) is 0 Å². The summed E-state index contributed by atoms with van der Waals surface area (Å²) in [6.45, 7) is 0.00981. The summed E-state index contributed by atoms with van der Waals surface area (Å²) in [5, 5.41) is 1.40. The van der Waals surface area contributed by atoms with Crippen LogP contribution in [-0.4, -0.2) is 25.5 Å². The topological polar surface area (TPSA) is 67.9 Å². The van der Waals surface area contributed by atoms with Crippen LogP contribution in [0, 0.1) is 12.3 Å². The van der Waals surface area contributed by atoms with Crippen LogP contribution in [0.2, 0.25) is 5.02 Å². The highest BCUT2D eigenvalue weighted by atomic mass is 79.9. The van der Waals surface area contributed by atoms with Gasteiger partial charge in [-0.3, -0.25) is 15.0 Å². The number of amides is 2. The Kier molecular flexibility index (Phi) is 5.93. The number of methoxy groups -OCH3 is 1. The Morgan fingerprint density at radius 2 is 2.04 bits per heavy atom. The minimum atomic E-state index is -0.525. The average molecular weight is 462 g/mol. The monoisotopic (exact) mass is 460 g/mol. The number of carbonyl (C=O) groups excluding carboxylic acids is 2. The molecule has 1 fully saturated rings. The van der Waals surface area contributed by atoms with Crippen molar-refractivity contribution in [2.45, 2.75) is 0 Å². The van der Waals surface area contributed by atoms with Gasteiger partial charge in [0, 0.05) is 4.47 Å². The van der Waals surface area contributed by atoms with Gasteiger partial charge in [0.05, 0.1) is 12.8 Å². The van der Waals surface area contributed by atoms with Crippen molar-refractivity contribution in [1.29, 1.82) is 0 Å². The minimum absolute atomic E-state index is 0.00981. The van der Waals surface area contributed by atoms with Crippen LogP contribution >= 0.6 is 27.5 Å². The molecule has 0 aromatic heterocycles. The number of terminal acetylenes is 1. The Hall–Kier alpha value is -2.95. The zero-order valence-corrected chi connectivity index (χ0v) is 17.0. The third-order valence-corrected chi connectivity index (χ3v) is 5.32. The molecule has 8 heteroatoms. The number of nitrogens with zero attached hydrogens (tertiary/aromatic N) is 1. The molecule has 0 atom stereocenters. The van der Waals surface area contributed by atoms with Crippen LogP contribution in [0.15, 0.2) is 46.4 Å². The van der Waals surface area contributed by atoms with Crippen molar-refractivity contribution in [3.05, 3.63) is 57.0 Å². The SMILES string of the molecule is C#CCOc1c(OC)cc(/C=C2/C(=O)NN(c3ccccc3)C2=O)c(Br)c1Cl. The normalized spacial score (nSPS) is 14.8. The predicted octanol–water partition coefficient (Wildman–Crippen LogP) is 3.58. The second kappa shape index (κ2) is 8.38. The van der Waals surface area contributed by atoms with Gasteiger partial charge in [-0.2, -0.15) is 0 Å². The second-order valence-corrected chi connectivity index (χ2v) is 6.76. The molecule has 28 heavy (non-hydrogen) atoms. The lowest BCUT2D eigenvalue weighted by atomic mass is 10.1. The zero-order valence-electron chi connectivity index (χ0n) is 14.7. The van der Waals surface area contributed by atoms with Crippen LogP contribution in [0.4, 0.5) is 5.69 Å². The highest BCUT2D eigenvalue weighted by Crippen LogP contribution is 2.43. The summed E-state index contributed by atoms with van der Waals surface area (Å²) in [4.78, 5) is 25.1. The van der Waals surface area contributed by atoms with E-state index in [1.165, 1.54) is 18.2 Å². The Bertz CT molecular complexity index is 1020. The second-order valence-electron chi connectivity index (χ2n) is 5.59. The average Bonchev–Trinajstić information content (AvgIpc) is 2.99. The van der Waals surface area contributed by atoms with Crippen molar-refractivity contribution >= 4 is 51.1 Å². The van der Waals surface area contributed by atoms with Gasteiger partial charge in [-0.25, -0.2) is 5.01 Å². The molecule has 2 aromatic carbocycles. The Balaban J connectivity index is 2.01. The van der Waals surface area contributed by atoms with Gasteiger partial charge < -0.3 is 9.47 Å². The van der Waals surface area contributed by atoms with Crippen molar-refractivity contribution in [3.63, 3.8) is 0 Å². The van der Waals surface area contributed by atoms with Gasteiger partial charge in [0.15, 0.2) is 11.5 Å². The Morgan fingerprint density at radius 3 is 2.68 bits per heavy atom. The first kappa shape index (κ1) is 19.8. The third kappa shape index (κ3) is 3.70. The highest BCUT2D eigenvalue weighted by Gasteiger charge is 2.34. The molecule has 2 aromatic rings. The number of anilines is 1. The van der Waals surface area contributed by atoms with Crippen molar-refractivity contribution in [2.75, 3.05) is 18.7 Å². The number of hydrogen-bond donors (Lipinski definition) is 1. The Labute approximate surface area is 175 Å². The number of halogens is 2. The molecule has 0 bridgehead atoms. The van der Waals surface area contributed by atoms with E-state index < -0.39 is 11.8 Å². The number of para-hydroxylation sites is 1. The van der Waals surface area contributed by atoms with Gasteiger partial charge in [0.25, 0.3) is 11.8 Å². The summed E-state index contributed by atoms with van der Waals surface area (Å²) in [5.74, 6) is 1.94. The summed E-state index contributed by atoms with van der Waals surface area (Å²) >= 11 is 9.73. The molecule has 2 amide bonds. The van der Waals surface area contributed by atoms with Crippen LogP contribution < -0.4 is 19.9 Å². The number of carbonyl (C=O) groups is 2. The first-order chi connectivity index (χ1) is 13.5. The third-order valence-electron chi connectivity index (χ3n) is 3.88. The molecule has 1 aliphatic rings. The number of hydrogen-bond acceptors (Lipinski definition) is 4. The lowest BCUT2D eigenvalue weighted by Crippen LogP contribution is -2.35. The summed E-state index contributed by atoms with van der Waals surface area (Å²) in [6.07, 6.45) is 6.65. The molecule has 6 nitrogen and oxygen atoms in total. The van der Waals surface area contributed by atoms with Gasteiger partial charge in [-0.05, 0) is 45.8 Å². The lowest BCUT2D eigenvalue weighted by molar-refractivity contribution is -0.117. The van der Waals surface area contributed by atoms with Crippen LogP contribution in [0.5, 0.6) is 11.5 Å². The van der Waals surface area contributed by atoms with Crippen molar-refractivity contribution in [2.24, 2.45) is 0 Å². The molecule has 0 radical (unpaired) electrons. The summed E-state index contributed by atoms with van der Waals surface area (Å²) in [6, 6.07) is 10.4. The first-order valence-corrected chi connectivity index (χ1v) is 9.19. The Morgan fingerprint density at radius 1 is 1.32 bits per heavy atom. The van der Waals surface area contributed by atoms with Gasteiger partial charge in [0.2, 0.25) is 0 Å². The van der Waals surface area contributed by atoms with Gasteiger partial charge >= 0.3 is 0 Å². The van der Waals surface area contributed by atoms with Crippen LogP contribution in [0.1, 0.15) is 5.56 Å². The van der Waals surface area contributed by atoms with Crippen LogP contribution in [0.25, 0.3) is 6.08 Å². The van der Waals surface area contributed by atoms with Crippen LogP contribution in [-0.2, 0) is 9.59 Å². The maximum Gasteiger partial charge on any atom is 0.282 e.